The van der Waals surface area contributed by atoms with E-state index in [2.05, 4.69) is 47.0 Å². The van der Waals surface area contributed by atoms with Gasteiger partial charge in [0.05, 0.1) is 45.7 Å². The number of amides is 1. The molecular weight excluding hydrogens is 737 g/mol. The van der Waals surface area contributed by atoms with Gasteiger partial charge in [0.15, 0.2) is 0 Å². The zero-order valence-corrected chi connectivity index (χ0v) is 34.6. The van der Waals surface area contributed by atoms with Crippen molar-refractivity contribution in [1.29, 1.82) is 0 Å². The van der Waals surface area contributed by atoms with Crippen LogP contribution >= 0.6 is 0 Å². The maximum Gasteiger partial charge on any atom is 0.239 e. The summed E-state index contributed by atoms with van der Waals surface area (Å²) in [4.78, 5) is 14.4. The highest BCUT2D eigenvalue weighted by Gasteiger charge is 2.51. The van der Waals surface area contributed by atoms with Crippen molar-refractivity contribution in [2.75, 3.05) is 26.4 Å². The molecule has 4 saturated carbocycles. The SMILES string of the molecule is O=C(NCCCCCOCC12CC3CC(CC(C3)C1)C2)[C@H]1N[C@@H](COCc2ccccc2)[C@@H](OCc2ccccc2)[C@H](OCc2ccccc2)[C@H]1OCc1ccccc1. The number of hydrogen-bond acceptors (Lipinski definition) is 7. The maximum absolute atomic E-state index is 14.4. The lowest BCUT2D eigenvalue weighted by Gasteiger charge is -2.56. The van der Waals surface area contributed by atoms with Gasteiger partial charge < -0.3 is 29.0 Å². The van der Waals surface area contributed by atoms with E-state index in [0.717, 1.165) is 72.5 Å². The fraction of sp³-hybridized carbons (Fsp3) is 0.510. The lowest BCUT2D eigenvalue weighted by atomic mass is 9.50. The standard InChI is InChI=1S/C51H64N2O6/c54-50(52-24-14-5-15-25-55-37-51-29-42-26-43(30-51)28-44(27-42)31-51)46-48(58-34-40-20-10-3-11-21-40)49(59-35-41-22-12-4-13-23-41)47(57-33-39-18-8-2-9-19-39)45(53-46)36-56-32-38-16-6-1-7-17-38/h1-4,6-13,16-23,42-49,53H,5,14-15,24-37H2,(H,52,54)/t42?,43?,44?,45-,46-,47+,48-,49-,51?/m0/s1. The molecule has 4 aromatic carbocycles. The van der Waals surface area contributed by atoms with Gasteiger partial charge in [0, 0.05) is 13.2 Å². The van der Waals surface area contributed by atoms with Crippen LogP contribution in [0.3, 0.4) is 0 Å². The van der Waals surface area contributed by atoms with Gasteiger partial charge in [-0.1, -0.05) is 121 Å². The molecule has 8 nitrogen and oxygen atoms in total. The normalized spacial score (nSPS) is 28.4. The van der Waals surface area contributed by atoms with E-state index < -0.39 is 24.4 Å². The summed E-state index contributed by atoms with van der Waals surface area (Å²) in [6.45, 7) is 4.12. The highest BCUT2D eigenvalue weighted by Crippen LogP contribution is 2.60. The molecule has 4 aromatic rings. The molecule has 59 heavy (non-hydrogen) atoms. The van der Waals surface area contributed by atoms with Crippen LogP contribution in [0.4, 0.5) is 0 Å². The molecule has 9 rings (SSSR count). The Morgan fingerprint density at radius 2 is 1.03 bits per heavy atom. The van der Waals surface area contributed by atoms with Gasteiger partial charge in [-0.25, -0.2) is 0 Å². The molecule has 8 heteroatoms. The van der Waals surface area contributed by atoms with E-state index in [1.54, 1.807) is 0 Å². The van der Waals surface area contributed by atoms with Crippen molar-refractivity contribution in [2.24, 2.45) is 23.2 Å². The minimum atomic E-state index is -0.704. The number of piperidine rings is 1. The second-order valence-electron chi connectivity index (χ2n) is 17.9. The van der Waals surface area contributed by atoms with Crippen LogP contribution in [0.1, 0.15) is 80.0 Å². The molecule has 0 spiro atoms. The number of carbonyl (C=O) groups excluding carboxylic acids is 1. The first kappa shape index (κ1) is 41.8. The Morgan fingerprint density at radius 1 is 0.559 bits per heavy atom. The van der Waals surface area contributed by atoms with Crippen molar-refractivity contribution >= 4 is 5.91 Å². The van der Waals surface area contributed by atoms with E-state index in [-0.39, 0.29) is 11.9 Å². The number of unbranched alkanes of at least 4 members (excludes halogenated alkanes) is 2. The van der Waals surface area contributed by atoms with Crippen LogP contribution in [0.5, 0.6) is 0 Å². The minimum Gasteiger partial charge on any atom is -0.381 e. The van der Waals surface area contributed by atoms with Crippen LogP contribution in [0.25, 0.3) is 0 Å². The van der Waals surface area contributed by atoms with Gasteiger partial charge in [-0.05, 0) is 103 Å². The average molecular weight is 801 g/mol. The van der Waals surface area contributed by atoms with E-state index in [1.807, 2.05) is 84.9 Å². The second-order valence-corrected chi connectivity index (χ2v) is 17.9. The van der Waals surface area contributed by atoms with Crippen LogP contribution in [0, 0.1) is 23.2 Å². The van der Waals surface area contributed by atoms with E-state index in [0.29, 0.717) is 45.0 Å². The third kappa shape index (κ3) is 11.7. The van der Waals surface area contributed by atoms with E-state index >= 15 is 0 Å². The van der Waals surface area contributed by atoms with Crippen LogP contribution in [-0.2, 0) is 54.9 Å². The zero-order chi connectivity index (χ0) is 40.1. The quantitative estimate of drug-likeness (QED) is 0.0769. The Labute approximate surface area is 351 Å². The number of rotatable bonds is 22. The Morgan fingerprint density at radius 3 is 1.56 bits per heavy atom. The number of ether oxygens (including phenoxy) is 5. The van der Waals surface area contributed by atoms with Gasteiger partial charge in [-0.2, -0.15) is 0 Å². The summed E-state index contributed by atoms with van der Waals surface area (Å²) < 4.78 is 33.2. The summed E-state index contributed by atoms with van der Waals surface area (Å²) in [6.07, 6.45) is 9.71. The summed E-state index contributed by atoms with van der Waals surface area (Å²) in [5, 5.41) is 6.95. The molecule has 0 radical (unpaired) electrons. The lowest BCUT2D eigenvalue weighted by Crippen LogP contribution is -2.71. The average Bonchev–Trinajstić information content (AvgIpc) is 3.26. The van der Waals surface area contributed by atoms with Gasteiger partial charge >= 0.3 is 0 Å². The molecule has 1 aliphatic heterocycles. The summed E-state index contributed by atoms with van der Waals surface area (Å²) in [7, 11) is 0. The summed E-state index contributed by atoms with van der Waals surface area (Å²) in [5.41, 5.74) is 4.65. The third-order valence-electron chi connectivity index (χ3n) is 13.2. The van der Waals surface area contributed by atoms with Crippen molar-refractivity contribution in [2.45, 2.75) is 115 Å². The molecule has 1 heterocycles. The number of benzene rings is 4. The Kier molecular flexibility index (Phi) is 14.9. The molecular formula is C51H64N2O6. The number of hydrogen-bond donors (Lipinski definition) is 2. The van der Waals surface area contributed by atoms with Crippen LogP contribution in [-0.4, -0.2) is 62.7 Å². The molecule has 4 aliphatic carbocycles. The fourth-order valence-corrected chi connectivity index (χ4v) is 10.7. The first-order valence-corrected chi connectivity index (χ1v) is 22.3. The van der Waals surface area contributed by atoms with Crippen LogP contribution < -0.4 is 10.6 Å². The van der Waals surface area contributed by atoms with Gasteiger partial charge in [0.25, 0.3) is 0 Å². The van der Waals surface area contributed by atoms with Crippen molar-refractivity contribution in [3.8, 4) is 0 Å². The summed E-state index contributed by atoms with van der Waals surface area (Å²) in [6, 6.07) is 39.5. The Bertz CT molecular complexity index is 1790. The van der Waals surface area contributed by atoms with E-state index in [9.17, 15) is 4.79 Å². The third-order valence-corrected chi connectivity index (χ3v) is 13.2. The zero-order valence-electron chi connectivity index (χ0n) is 34.6. The van der Waals surface area contributed by atoms with Crippen molar-refractivity contribution < 1.29 is 28.5 Å². The number of nitrogens with one attached hydrogen (secondary N) is 2. The van der Waals surface area contributed by atoms with Gasteiger partial charge in [-0.15, -0.1) is 0 Å². The topological polar surface area (TPSA) is 87.3 Å². The molecule has 314 valence electrons. The highest BCUT2D eigenvalue weighted by molar-refractivity contribution is 5.82. The molecule has 5 atom stereocenters. The van der Waals surface area contributed by atoms with Gasteiger partial charge in [-0.3, -0.25) is 10.1 Å². The fourth-order valence-electron chi connectivity index (χ4n) is 10.7. The van der Waals surface area contributed by atoms with Gasteiger partial charge in [0.2, 0.25) is 5.91 Å². The molecule has 2 N–H and O–H groups in total. The molecule has 1 amide bonds. The van der Waals surface area contributed by atoms with Crippen LogP contribution in [0.15, 0.2) is 121 Å². The molecule has 5 fully saturated rings. The van der Waals surface area contributed by atoms with Gasteiger partial charge in [0.1, 0.15) is 24.4 Å². The molecule has 4 bridgehead atoms. The predicted octanol–water partition coefficient (Wildman–Crippen LogP) is 8.82. The van der Waals surface area contributed by atoms with E-state index in [4.69, 9.17) is 23.7 Å². The summed E-state index contributed by atoms with van der Waals surface area (Å²) in [5.74, 6) is 2.74. The Hall–Kier alpha value is -3.89. The first-order chi connectivity index (χ1) is 29.1. The first-order valence-electron chi connectivity index (χ1n) is 22.3. The van der Waals surface area contributed by atoms with Crippen molar-refractivity contribution in [3.63, 3.8) is 0 Å². The van der Waals surface area contributed by atoms with E-state index in [1.165, 1.54) is 38.5 Å². The second kappa shape index (κ2) is 21.1. The molecule has 1 saturated heterocycles. The summed E-state index contributed by atoms with van der Waals surface area (Å²) >= 11 is 0. The molecule has 0 unspecified atom stereocenters. The molecule has 5 aliphatic rings. The monoisotopic (exact) mass is 800 g/mol. The largest absolute Gasteiger partial charge is 0.381 e. The van der Waals surface area contributed by atoms with Crippen LogP contribution in [0.2, 0.25) is 0 Å². The highest BCUT2D eigenvalue weighted by atomic mass is 16.6. The smallest absolute Gasteiger partial charge is 0.239 e. The van der Waals surface area contributed by atoms with Crippen molar-refractivity contribution in [1.82, 2.24) is 10.6 Å². The lowest BCUT2D eigenvalue weighted by molar-refractivity contribution is -0.196. The maximum atomic E-state index is 14.4. The minimum absolute atomic E-state index is 0.107. The number of carbonyl (C=O) groups is 1. The van der Waals surface area contributed by atoms with Crippen molar-refractivity contribution in [3.05, 3.63) is 144 Å². The Balaban J connectivity index is 0.939. The molecule has 0 aromatic heterocycles. The predicted molar refractivity (Wildman–Crippen MR) is 230 cm³/mol.